The van der Waals surface area contributed by atoms with Crippen molar-refractivity contribution >= 4 is 5.69 Å². The summed E-state index contributed by atoms with van der Waals surface area (Å²) in [5.41, 5.74) is 8.78. The number of nitrogens with zero attached hydrogens (tertiary/aromatic N) is 3. The van der Waals surface area contributed by atoms with Crippen molar-refractivity contribution < 1.29 is 0 Å². The molecule has 2 N–H and O–H groups in total. The summed E-state index contributed by atoms with van der Waals surface area (Å²) in [6.45, 7) is 5.12. The van der Waals surface area contributed by atoms with Gasteiger partial charge in [0.15, 0.2) is 5.82 Å². The molecule has 1 heterocycles. The van der Waals surface area contributed by atoms with Crippen molar-refractivity contribution in [2.75, 3.05) is 5.73 Å². The maximum atomic E-state index is 5.80. The summed E-state index contributed by atoms with van der Waals surface area (Å²) < 4.78 is 2.06. The lowest BCUT2D eigenvalue weighted by atomic mass is 10.1. The second-order valence-electron chi connectivity index (χ2n) is 3.92. The molecule has 1 aromatic carbocycles. The van der Waals surface area contributed by atoms with Crippen LogP contribution < -0.4 is 5.73 Å². The smallest absolute Gasteiger partial charge is 0.164 e. The Morgan fingerprint density at radius 1 is 1.38 bits per heavy atom. The highest BCUT2D eigenvalue weighted by molar-refractivity contribution is 5.65. The SMILES string of the molecule is CCCn1cnnc1-c1cc(N)ccc1C. The van der Waals surface area contributed by atoms with Gasteiger partial charge in [-0.2, -0.15) is 0 Å². The van der Waals surface area contributed by atoms with Gasteiger partial charge < -0.3 is 10.3 Å². The van der Waals surface area contributed by atoms with Crippen LogP contribution in [0.15, 0.2) is 24.5 Å². The molecule has 0 radical (unpaired) electrons. The van der Waals surface area contributed by atoms with Crippen molar-refractivity contribution in [2.45, 2.75) is 26.8 Å². The van der Waals surface area contributed by atoms with Gasteiger partial charge in [-0.05, 0) is 31.0 Å². The minimum atomic E-state index is 0.756. The summed E-state index contributed by atoms with van der Waals surface area (Å²) in [4.78, 5) is 0. The minimum absolute atomic E-state index is 0.756. The van der Waals surface area contributed by atoms with Crippen molar-refractivity contribution in [2.24, 2.45) is 0 Å². The van der Waals surface area contributed by atoms with Crippen LogP contribution in [0, 0.1) is 6.92 Å². The maximum Gasteiger partial charge on any atom is 0.164 e. The largest absolute Gasteiger partial charge is 0.399 e. The van der Waals surface area contributed by atoms with Crippen LogP contribution in [0.1, 0.15) is 18.9 Å². The Kier molecular flexibility index (Phi) is 2.90. The zero-order valence-electron chi connectivity index (χ0n) is 9.64. The van der Waals surface area contributed by atoms with Crippen molar-refractivity contribution in [3.05, 3.63) is 30.1 Å². The number of rotatable bonds is 3. The molecular weight excluding hydrogens is 200 g/mol. The molecule has 84 valence electrons. The molecular formula is C12H16N4. The minimum Gasteiger partial charge on any atom is -0.399 e. The van der Waals surface area contributed by atoms with Crippen molar-refractivity contribution in [3.8, 4) is 11.4 Å². The summed E-state index contributed by atoms with van der Waals surface area (Å²) in [5.74, 6) is 0.895. The summed E-state index contributed by atoms with van der Waals surface area (Å²) >= 11 is 0. The van der Waals surface area contributed by atoms with Crippen LogP contribution in [0.3, 0.4) is 0 Å². The van der Waals surface area contributed by atoms with E-state index in [1.165, 1.54) is 5.56 Å². The van der Waals surface area contributed by atoms with Crippen LogP contribution in [-0.4, -0.2) is 14.8 Å². The van der Waals surface area contributed by atoms with Crippen LogP contribution >= 0.6 is 0 Å². The van der Waals surface area contributed by atoms with Crippen LogP contribution in [0.4, 0.5) is 5.69 Å². The summed E-state index contributed by atoms with van der Waals surface area (Å²) in [6, 6.07) is 5.86. The number of benzene rings is 1. The van der Waals surface area contributed by atoms with Crippen LogP contribution in [0.2, 0.25) is 0 Å². The summed E-state index contributed by atoms with van der Waals surface area (Å²) in [5, 5.41) is 8.12. The van der Waals surface area contributed by atoms with Crippen LogP contribution in [-0.2, 0) is 6.54 Å². The predicted octanol–water partition coefficient (Wildman–Crippen LogP) is 2.25. The van der Waals surface area contributed by atoms with Crippen molar-refractivity contribution in [1.29, 1.82) is 0 Å². The van der Waals surface area contributed by atoms with Crippen molar-refractivity contribution in [1.82, 2.24) is 14.8 Å². The summed E-state index contributed by atoms with van der Waals surface area (Å²) in [6.07, 6.45) is 2.83. The van der Waals surface area contributed by atoms with Gasteiger partial charge in [0.2, 0.25) is 0 Å². The molecule has 4 heteroatoms. The average Bonchev–Trinajstić information content (AvgIpc) is 2.70. The van der Waals surface area contributed by atoms with Gasteiger partial charge in [-0.3, -0.25) is 0 Å². The van der Waals surface area contributed by atoms with Crippen LogP contribution in [0.5, 0.6) is 0 Å². The summed E-state index contributed by atoms with van der Waals surface area (Å²) in [7, 11) is 0. The van der Waals surface area contributed by atoms with Gasteiger partial charge in [0.25, 0.3) is 0 Å². The first-order valence-corrected chi connectivity index (χ1v) is 5.46. The second kappa shape index (κ2) is 4.35. The third kappa shape index (κ3) is 1.91. The highest BCUT2D eigenvalue weighted by Gasteiger charge is 2.09. The third-order valence-electron chi connectivity index (χ3n) is 2.58. The van der Waals surface area contributed by atoms with Gasteiger partial charge in [0.1, 0.15) is 6.33 Å². The van der Waals surface area contributed by atoms with E-state index in [9.17, 15) is 0 Å². The molecule has 0 aliphatic heterocycles. The van der Waals surface area contributed by atoms with E-state index in [0.29, 0.717) is 0 Å². The number of aryl methyl sites for hydroxylation is 2. The average molecular weight is 216 g/mol. The lowest BCUT2D eigenvalue weighted by molar-refractivity contribution is 0.682. The van der Waals surface area contributed by atoms with Crippen molar-refractivity contribution in [3.63, 3.8) is 0 Å². The van der Waals surface area contributed by atoms with Gasteiger partial charge in [0.05, 0.1) is 0 Å². The molecule has 0 aliphatic carbocycles. The Morgan fingerprint density at radius 2 is 2.19 bits per heavy atom. The van der Waals surface area contributed by atoms with E-state index in [1.807, 2.05) is 18.2 Å². The molecule has 2 aromatic rings. The normalized spacial score (nSPS) is 10.6. The van der Waals surface area contributed by atoms with E-state index in [0.717, 1.165) is 30.0 Å². The number of hydrogen-bond acceptors (Lipinski definition) is 3. The van der Waals surface area contributed by atoms with E-state index in [4.69, 9.17) is 5.73 Å². The highest BCUT2D eigenvalue weighted by Crippen LogP contribution is 2.23. The van der Waals surface area contributed by atoms with E-state index < -0.39 is 0 Å². The molecule has 0 aliphatic rings. The quantitative estimate of drug-likeness (QED) is 0.800. The van der Waals surface area contributed by atoms with E-state index in [1.54, 1.807) is 6.33 Å². The van der Waals surface area contributed by atoms with E-state index >= 15 is 0 Å². The monoisotopic (exact) mass is 216 g/mol. The molecule has 2 rings (SSSR count). The number of nitrogen functional groups attached to an aromatic ring is 1. The first kappa shape index (κ1) is 10.7. The van der Waals surface area contributed by atoms with Gasteiger partial charge >= 0.3 is 0 Å². The molecule has 0 saturated carbocycles. The Hall–Kier alpha value is -1.84. The molecule has 0 fully saturated rings. The Morgan fingerprint density at radius 3 is 2.94 bits per heavy atom. The molecule has 0 atom stereocenters. The fourth-order valence-electron chi connectivity index (χ4n) is 1.75. The molecule has 4 nitrogen and oxygen atoms in total. The molecule has 0 bridgehead atoms. The molecule has 0 saturated heterocycles. The number of nitrogens with two attached hydrogens (primary N) is 1. The van der Waals surface area contributed by atoms with Crippen LogP contribution in [0.25, 0.3) is 11.4 Å². The Labute approximate surface area is 95.1 Å². The lowest BCUT2D eigenvalue weighted by Crippen LogP contribution is -2.00. The van der Waals surface area contributed by atoms with E-state index in [-0.39, 0.29) is 0 Å². The molecule has 0 spiro atoms. The molecule has 1 aromatic heterocycles. The zero-order valence-corrected chi connectivity index (χ0v) is 9.64. The number of hydrogen-bond donors (Lipinski definition) is 1. The highest BCUT2D eigenvalue weighted by atomic mass is 15.3. The standard InChI is InChI=1S/C12H16N4/c1-3-6-16-8-14-15-12(16)11-7-10(13)5-4-9(11)2/h4-5,7-8H,3,6,13H2,1-2H3. The predicted molar refractivity (Wildman–Crippen MR) is 64.9 cm³/mol. The lowest BCUT2D eigenvalue weighted by Gasteiger charge is -2.08. The van der Waals surface area contributed by atoms with E-state index in [2.05, 4.69) is 28.6 Å². The first-order valence-electron chi connectivity index (χ1n) is 5.46. The number of anilines is 1. The van der Waals surface area contributed by atoms with Gasteiger partial charge in [-0.15, -0.1) is 10.2 Å². The maximum absolute atomic E-state index is 5.80. The number of aromatic nitrogens is 3. The van der Waals surface area contributed by atoms with Gasteiger partial charge in [-0.25, -0.2) is 0 Å². The molecule has 0 amide bonds. The fraction of sp³-hybridized carbons (Fsp3) is 0.333. The molecule has 16 heavy (non-hydrogen) atoms. The zero-order chi connectivity index (χ0) is 11.5. The first-order chi connectivity index (χ1) is 7.72. The fourth-order valence-corrected chi connectivity index (χ4v) is 1.75. The molecule has 0 unspecified atom stereocenters. The van der Waals surface area contributed by atoms with Gasteiger partial charge in [-0.1, -0.05) is 13.0 Å². The Bertz CT molecular complexity index is 488. The van der Waals surface area contributed by atoms with Gasteiger partial charge in [0, 0.05) is 17.8 Å². The topological polar surface area (TPSA) is 56.7 Å². The third-order valence-corrected chi connectivity index (χ3v) is 2.58. The Balaban J connectivity index is 2.49. The second-order valence-corrected chi connectivity index (χ2v) is 3.92.